The highest BCUT2D eigenvalue weighted by Gasteiger charge is 2.12. The number of halogens is 1. The van der Waals surface area contributed by atoms with E-state index < -0.39 is 0 Å². The molecule has 0 aliphatic carbocycles. The molecule has 0 atom stereocenters. The summed E-state index contributed by atoms with van der Waals surface area (Å²) in [4.78, 5) is 26.4. The molecule has 0 saturated carbocycles. The number of hydrogen-bond donors (Lipinski definition) is 2. The van der Waals surface area contributed by atoms with E-state index in [9.17, 15) is 9.59 Å². The Balaban J connectivity index is 1.66. The van der Waals surface area contributed by atoms with Gasteiger partial charge in [-0.05, 0) is 56.9 Å². The molecule has 3 rings (SSSR count). The van der Waals surface area contributed by atoms with Gasteiger partial charge < -0.3 is 16.0 Å². The first-order valence-electron chi connectivity index (χ1n) is 9.64. The van der Waals surface area contributed by atoms with E-state index in [1.54, 1.807) is 17.9 Å². The number of carbonyl (C=O) groups is 2. The predicted molar refractivity (Wildman–Crippen MR) is 123 cm³/mol. The molecule has 0 bridgehead atoms. The van der Waals surface area contributed by atoms with E-state index >= 15 is 0 Å². The van der Waals surface area contributed by atoms with Crippen molar-refractivity contribution in [3.63, 3.8) is 0 Å². The second-order valence-corrected chi connectivity index (χ2v) is 7.88. The largest absolute Gasteiger partial charge is 0.334 e. The van der Waals surface area contributed by atoms with Crippen LogP contribution < -0.4 is 11.1 Å². The van der Waals surface area contributed by atoms with Gasteiger partial charge in [0.25, 0.3) is 5.91 Å². The van der Waals surface area contributed by atoms with Crippen LogP contribution in [0.15, 0.2) is 77.3 Å². The van der Waals surface area contributed by atoms with Crippen molar-refractivity contribution in [3.8, 4) is 0 Å². The summed E-state index contributed by atoms with van der Waals surface area (Å²) in [6.45, 7) is 3.05. The fourth-order valence-electron chi connectivity index (χ4n) is 3.11. The third-order valence-corrected chi connectivity index (χ3v) is 5.44. The van der Waals surface area contributed by atoms with Crippen LogP contribution in [0, 0.1) is 0 Å². The zero-order chi connectivity index (χ0) is 21.5. The lowest BCUT2D eigenvalue weighted by molar-refractivity contribution is -0.130. The average molecular weight is 466 g/mol. The summed E-state index contributed by atoms with van der Waals surface area (Å²) < 4.78 is 0.745. The third-order valence-electron chi connectivity index (χ3n) is 4.75. The number of anilines is 1. The first-order valence-corrected chi connectivity index (χ1v) is 10.4. The molecule has 2 amide bonds. The Morgan fingerprint density at radius 2 is 1.57 bits per heavy atom. The van der Waals surface area contributed by atoms with Crippen molar-refractivity contribution in [2.45, 2.75) is 26.6 Å². The minimum atomic E-state index is -0.180. The van der Waals surface area contributed by atoms with Crippen molar-refractivity contribution < 1.29 is 9.59 Å². The number of nitrogens with zero attached hydrogens (tertiary/aromatic N) is 1. The smallest absolute Gasteiger partial charge is 0.256 e. The molecular formula is C24H24BrN3O2. The average Bonchev–Trinajstić information content (AvgIpc) is 2.75. The quantitative estimate of drug-likeness (QED) is 0.530. The van der Waals surface area contributed by atoms with Gasteiger partial charge in [0.1, 0.15) is 0 Å². The molecule has 0 unspecified atom stereocenters. The fraction of sp³-hybridized carbons (Fsp3) is 0.167. The van der Waals surface area contributed by atoms with Gasteiger partial charge >= 0.3 is 0 Å². The van der Waals surface area contributed by atoms with Crippen molar-refractivity contribution in [3.05, 3.63) is 99.5 Å². The lowest BCUT2D eigenvalue weighted by Crippen LogP contribution is -2.27. The highest BCUT2D eigenvalue weighted by molar-refractivity contribution is 9.10. The highest BCUT2D eigenvalue weighted by Crippen LogP contribution is 2.19. The van der Waals surface area contributed by atoms with Gasteiger partial charge in [-0.1, -0.05) is 48.5 Å². The van der Waals surface area contributed by atoms with Crippen LogP contribution in [0.4, 0.5) is 5.69 Å². The van der Waals surface area contributed by atoms with Gasteiger partial charge in [-0.2, -0.15) is 0 Å². The molecule has 6 heteroatoms. The van der Waals surface area contributed by atoms with Crippen LogP contribution in [0.5, 0.6) is 0 Å². The zero-order valence-corrected chi connectivity index (χ0v) is 18.4. The Hall–Kier alpha value is -2.96. The minimum Gasteiger partial charge on any atom is -0.334 e. The molecule has 0 heterocycles. The molecule has 0 fully saturated rings. The molecule has 0 radical (unpaired) electrons. The van der Waals surface area contributed by atoms with Crippen molar-refractivity contribution in [2.24, 2.45) is 5.73 Å². The van der Waals surface area contributed by atoms with E-state index in [1.807, 2.05) is 66.7 Å². The maximum atomic E-state index is 12.4. The fourth-order valence-corrected chi connectivity index (χ4v) is 3.58. The van der Waals surface area contributed by atoms with E-state index in [4.69, 9.17) is 5.73 Å². The molecule has 0 saturated heterocycles. The zero-order valence-electron chi connectivity index (χ0n) is 16.8. The van der Waals surface area contributed by atoms with E-state index in [0.717, 1.165) is 21.2 Å². The van der Waals surface area contributed by atoms with Gasteiger partial charge in [-0.25, -0.2) is 0 Å². The Bertz CT molecular complexity index is 1030. The molecule has 30 heavy (non-hydrogen) atoms. The number of nitrogens with two attached hydrogens (primary N) is 1. The molecule has 0 aromatic heterocycles. The summed E-state index contributed by atoms with van der Waals surface area (Å²) in [5.74, 6) is -0.181. The van der Waals surface area contributed by atoms with Crippen molar-refractivity contribution >= 4 is 33.4 Å². The van der Waals surface area contributed by atoms with E-state index in [0.29, 0.717) is 30.9 Å². The molecular weight excluding hydrogens is 442 g/mol. The first kappa shape index (κ1) is 21.7. The maximum absolute atomic E-state index is 12.4. The number of rotatable bonds is 7. The molecule has 3 N–H and O–H groups in total. The van der Waals surface area contributed by atoms with Gasteiger partial charge in [-0.15, -0.1) is 0 Å². The van der Waals surface area contributed by atoms with Crippen LogP contribution in [-0.4, -0.2) is 16.7 Å². The number of hydrogen-bond acceptors (Lipinski definition) is 3. The third kappa shape index (κ3) is 5.78. The highest BCUT2D eigenvalue weighted by atomic mass is 79.9. The van der Waals surface area contributed by atoms with Crippen LogP contribution in [0.3, 0.4) is 0 Å². The molecule has 3 aromatic carbocycles. The van der Waals surface area contributed by atoms with Crippen LogP contribution in [0.2, 0.25) is 0 Å². The first-order chi connectivity index (χ1) is 14.5. The molecule has 3 aromatic rings. The summed E-state index contributed by atoms with van der Waals surface area (Å²) in [5, 5.41) is 2.89. The summed E-state index contributed by atoms with van der Waals surface area (Å²) >= 11 is 3.39. The van der Waals surface area contributed by atoms with Crippen molar-refractivity contribution in [1.29, 1.82) is 0 Å². The van der Waals surface area contributed by atoms with Crippen LogP contribution in [-0.2, 0) is 24.4 Å². The topological polar surface area (TPSA) is 75.4 Å². The Labute approximate surface area is 185 Å². The monoisotopic (exact) mass is 465 g/mol. The van der Waals surface area contributed by atoms with Gasteiger partial charge in [0.15, 0.2) is 0 Å². The lowest BCUT2D eigenvalue weighted by atomic mass is 10.1. The summed E-state index contributed by atoms with van der Waals surface area (Å²) in [7, 11) is 0. The molecule has 5 nitrogen and oxygen atoms in total. The van der Waals surface area contributed by atoms with Crippen molar-refractivity contribution in [1.82, 2.24) is 4.90 Å². The van der Waals surface area contributed by atoms with E-state index in [2.05, 4.69) is 21.2 Å². The lowest BCUT2D eigenvalue weighted by Gasteiger charge is -2.22. The standard InChI is InChI=1S/C24H24BrN3O2/c1-17(29)28(16-20-6-4-5-19(13-20)14-26)15-18-9-11-21(12-10-18)27-24(30)22-7-2-3-8-23(22)25/h2-13H,14-16,26H2,1H3,(H,27,30). The van der Waals surface area contributed by atoms with Crippen LogP contribution in [0.25, 0.3) is 0 Å². The summed E-state index contributed by atoms with van der Waals surface area (Å²) in [6, 6.07) is 22.8. The Morgan fingerprint density at radius 3 is 2.23 bits per heavy atom. The molecule has 154 valence electrons. The van der Waals surface area contributed by atoms with Crippen molar-refractivity contribution in [2.75, 3.05) is 5.32 Å². The van der Waals surface area contributed by atoms with Crippen LogP contribution >= 0.6 is 15.9 Å². The molecule has 0 aliphatic heterocycles. The summed E-state index contributed by atoms with van der Waals surface area (Å²) in [6.07, 6.45) is 0. The van der Waals surface area contributed by atoms with Gasteiger partial charge in [-0.3, -0.25) is 9.59 Å². The minimum absolute atomic E-state index is 0.000501. The van der Waals surface area contributed by atoms with E-state index in [1.165, 1.54) is 0 Å². The van der Waals surface area contributed by atoms with Gasteiger partial charge in [0.2, 0.25) is 5.91 Å². The number of amides is 2. The molecule has 0 aliphatic rings. The normalized spacial score (nSPS) is 10.5. The SMILES string of the molecule is CC(=O)N(Cc1ccc(NC(=O)c2ccccc2Br)cc1)Cc1cccc(CN)c1. The Kier molecular flexibility index (Phi) is 7.38. The molecule has 0 spiro atoms. The second-order valence-electron chi connectivity index (χ2n) is 7.03. The van der Waals surface area contributed by atoms with Gasteiger partial charge in [0, 0.05) is 36.7 Å². The summed E-state index contributed by atoms with van der Waals surface area (Å²) in [5.41, 5.74) is 10.1. The number of carbonyl (C=O) groups excluding carboxylic acids is 2. The van der Waals surface area contributed by atoms with Crippen LogP contribution in [0.1, 0.15) is 34.0 Å². The predicted octanol–water partition coefficient (Wildman–Crippen LogP) is 4.71. The second kappa shape index (κ2) is 10.2. The van der Waals surface area contributed by atoms with Gasteiger partial charge in [0.05, 0.1) is 5.56 Å². The van der Waals surface area contributed by atoms with E-state index in [-0.39, 0.29) is 11.8 Å². The number of benzene rings is 3. The Morgan fingerprint density at radius 1 is 0.900 bits per heavy atom. The number of nitrogens with one attached hydrogen (secondary N) is 1. The maximum Gasteiger partial charge on any atom is 0.256 e.